The molecular weight excluding hydrogens is 428 g/mol. The second-order valence-corrected chi connectivity index (χ2v) is 8.47. The third-order valence-electron chi connectivity index (χ3n) is 6.42. The summed E-state index contributed by atoms with van der Waals surface area (Å²) >= 11 is 0. The summed E-state index contributed by atoms with van der Waals surface area (Å²) in [5.41, 5.74) is 2.24. The maximum Gasteiger partial charge on any atom is 0.201 e. The third-order valence-corrected chi connectivity index (χ3v) is 6.42. The molecule has 1 unspecified atom stereocenters. The molecule has 0 heterocycles. The molecule has 3 aromatic rings. The highest BCUT2D eigenvalue weighted by Crippen LogP contribution is 2.37. The van der Waals surface area contributed by atoms with Crippen LogP contribution in [-0.4, -0.2) is 7.11 Å². The van der Waals surface area contributed by atoms with Crippen LogP contribution in [0, 0.1) is 29.2 Å². The number of halogens is 4. The van der Waals surface area contributed by atoms with Crippen LogP contribution in [0.15, 0.2) is 54.6 Å². The molecule has 0 spiro atoms. The quantitative estimate of drug-likeness (QED) is 0.339. The van der Waals surface area contributed by atoms with E-state index in [2.05, 4.69) is 6.92 Å². The van der Waals surface area contributed by atoms with Crippen molar-refractivity contribution in [1.29, 1.82) is 0 Å². The van der Waals surface area contributed by atoms with E-state index in [9.17, 15) is 17.6 Å². The fraction of sp³-hybridized carbons (Fsp3) is 0.286. The van der Waals surface area contributed by atoms with Gasteiger partial charge in [-0.05, 0) is 54.0 Å². The highest BCUT2D eigenvalue weighted by Gasteiger charge is 2.21. The number of benzene rings is 3. The lowest BCUT2D eigenvalue weighted by atomic mass is 9.84. The normalized spacial score (nSPS) is 15.9. The Morgan fingerprint density at radius 3 is 1.85 bits per heavy atom. The Labute approximate surface area is 191 Å². The van der Waals surface area contributed by atoms with Crippen LogP contribution >= 0.6 is 0 Å². The first-order chi connectivity index (χ1) is 15.9. The zero-order valence-corrected chi connectivity index (χ0v) is 18.7. The van der Waals surface area contributed by atoms with Gasteiger partial charge in [-0.3, -0.25) is 0 Å². The van der Waals surface area contributed by atoms with Crippen molar-refractivity contribution in [2.75, 3.05) is 7.11 Å². The molecule has 0 radical (unpaired) electrons. The van der Waals surface area contributed by atoms with Crippen LogP contribution in [0.1, 0.15) is 44.6 Å². The van der Waals surface area contributed by atoms with Gasteiger partial charge < -0.3 is 4.74 Å². The first kappa shape index (κ1) is 23.1. The number of hydrogen-bond acceptors (Lipinski definition) is 1. The van der Waals surface area contributed by atoms with Gasteiger partial charge in [-0.25, -0.2) is 13.2 Å². The lowest BCUT2D eigenvalue weighted by Gasteiger charge is -2.22. The molecule has 5 heteroatoms. The van der Waals surface area contributed by atoms with E-state index in [1.807, 2.05) is 6.08 Å². The summed E-state index contributed by atoms with van der Waals surface area (Å²) in [4.78, 5) is 0. The minimum Gasteiger partial charge on any atom is -0.494 e. The molecule has 1 atom stereocenters. The summed E-state index contributed by atoms with van der Waals surface area (Å²) in [6.45, 7) is 2.16. The van der Waals surface area contributed by atoms with Crippen molar-refractivity contribution in [3.8, 4) is 28.0 Å². The summed E-state index contributed by atoms with van der Waals surface area (Å²) in [6, 6.07) is 12.2. The predicted octanol–water partition coefficient (Wildman–Crippen LogP) is 8.57. The molecule has 0 amide bonds. The van der Waals surface area contributed by atoms with Gasteiger partial charge in [-0.2, -0.15) is 4.39 Å². The summed E-state index contributed by atoms with van der Waals surface area (Å²) in [5.74, 6) is -3.40. The standard InChI is InChI=1S/C28H26F4O/c1-3-4-17-5-7-18(8-6-17)21-13-14-22(26(30)25(21)29)19-9-11-20(12-10-19)23-15-16-24(33-2)28(32)27(23)31/h7,9-17H,3-6,8H2,1-2H3. The number of hydrogen-bond donors (Lipinski definition) is 0. The summed E-state index contributed by atoms with van der Waals surface area (Å²) in [6.07, 6.45) is 6.97. The molecule has 3 aromatic carbocycles. The van der Waals surface area contributed by atoms with Gasteiger partial charge in [0.25, 0.3) is 0 Å². The fourth-order valence-corrected chi connectivity index (χ4v) is 4.57. The average molecular weight is 455 g/mol. The maximum absolute atomic E-state index is 15.0. The first-order valence-electron chi connectivity index (χ1n) is 11.2. The second kappa shape index (κ2) is 9.82. The summed E-state index contributed by atoms with van der Waals surface area (Å²) in [5, 5.41) is 0. The van der Waals surface area contributed by atoms with Gasteiger partial charge in [0, 0.05) is 16.7 Å². The maximum atomic E-state index is 15.0. The second-order valence-electron chi connectivity index (χ2n) is 8.47. The lowest BCUT2D eigenvalue weighted by molar-refractivity contribution is 0.372. The van der Waals surface area contributed by atoms with Crippen molar-refractivity contribution in [2.45, 2.75) is 39.0 Å². The molecule has 0 fully saturated rings. The van der Waals surface area contributed by atoms with Gasteiger partial charge in [0.15, 0.2) is 23.2 Å². The Bertz CT molecular complexity index is 1180. The van der Waals surface area contributed by atoms with Crippen molar-refractivity contribution < 1.29 is 22.3 Å². The van der Waals surface area contributed by atoms with Gasteiger partial charge in [0.1, 0.15) is 0 Å². The van der Waals surface area contributed by atoms with Crippen LogP contribution in [0.2, 0.25) is 0 Å². The molecule has 33 heavy (non-hydrogen) atoms. The van der Waals surface area contributed by atoms with Gasteiger partial charge >= 0.3 is 0 Å². The van der Waals surface area contributed by atoms with Crippen molar-refractivity contribution in [3.63, 3.8) is 0 Å². The minimum atomic E-state index is -1.07. The largest absolute Gasteiger partial charge is 0.494 e. The van der Waals surface area contributed by atoms with Crippen LogP contribution in [-0.2, 0) is 0 Å². The zero-order chi connectivity index (χ0) is 23.5. The molecule has 0 aromatic heterocycles. The van der Waals surface area contributed by atoms with E-state index in [1.165, 1.54) is 19.2 Å². The minimum absolute atomic E-state index is 0.0625. The first-order valence-corrected chi connectivity index (χ1v) is 11.2. The fourth-order valence-electron chi connectivity index (χ4n) is 4.57. The lowest BCUT2D eigenvalue weighted by Crippen LogP contribution is -2.06. The van der Waals surface area contributed by atoms with Crippen molar-refractivity contribution in [1.82, 2.24) is 0 Å². The molecule has 0 saturated carbocycles. The predicted molar refractivity (Wildman–Crippen MR) is 124 cm³/mol. The highest BCUT2D eigenvalue weighted by molar-refractivity contribution is 5.74. The molecule has 4 rings (SSSR count). The van der Waals surface area contributed by atoms with E-state index in [0.29, 0.717) is 22.6 Å². The molecule has 0 N–H and O–H groups in total. The zero-order valence-electron chi connectivity index (χ0n) is 18.7. The molecule has 1 aliphatic carbocycles. The van der Waals surface area contributed by atoms with E-state index in [1.54, 1.807) is 36.4 Å². The molecule has 1 aliphatic rings. The van der Waals surface area contributed by atoms with Crippen molar-refractivity contribution >= 4 is 5.57 Å². The molecule has 0 bridgehead atoms. The Morgan fingerprint density at radius 1 is 0.758 bits per heavy atom. The molecular formula is C28H26F4O. The summed E-state index contributed by atoms with van der Waals surface area (Å²) in [7, 11) is 1.26. The number of allylic oxidation sites excluding steroid dienone is 2. The van der Waals surface area contributed by atoms with E-state index >= 15 is 0 Å². The van der Waals surface area contributed by atoms with E-state index in [0.717, 1.165) is 37.7 Å². The number of methoxy groups -OCH3 is 1. The van der Waals surface area contributed by atoms with Gasteiger partial charge in [0.05, 0.1) is 7.11 Å². The smallest absolute Gasteiger partial charge is 0.201 e. The highest BCUT2D eigenvalue weighted by atomic mass is 19.2. The number of rotatable bonds is 6. The SMILES string of the molecule is CCCC1CC=C(c2ccc(-c3ccc(-c4ccc(OC)c(F)c4F)cc3)c(F)c2F)CC1. The third kappa shape index (κ3) is 4.54. The van der Waals surface area contributed by atoms with E-state index in [-0.39, 0.29) is 16.9 Å². The molecule has 0 saturated heterocycles. The van der Waals surface area contributed by atoms with Crippen LogP contribution < -0.4 is 4.74 Å². The average Bonchev–Trinajstić information content (AvgIpc) is 2.84. The van der Waals surface area contributed by atoms with E-state index < -0.39 is 23.3 Å². The van der Waals surface area contributed by atoms with Crippen molar-refractivity contribution in [2.24, 2.45) is 5.92 Å². The van der Waals surface area contributed by atoms with Gasteiger partial charge in [-0.1, -0.05) is 62.2 Å². The van der Waals surface area contributed by atoms with Crippen molar-refractivity contribution in [3.05, 3.63) is 83.4 Å². The number of ether oxygens (including phenoxy) is 1. The Morgan fingerprint density at radius 2 is 1.30 bits per heavy atom. The van der Waals surface area contributed by atoms with Crippen LogP contribution in [0.3, 0.4) is 0 Å². The van der Waals surface area contributed by atoms with Crippen LogP contribution in [0.25, 0.3) is 27.8 Å². The summed E-state index contributed by atoms with van der Waals surface area (Å²) < 4.78 is 63.2. The van der Waals surface area contributed by atoms with Crippen LogP contribution in [0.4, 0.5) is 17.6 Å². The monoisotopic (exact) mass is 454 g/mol. The molecule has 1 nitrogen and oxygen atoms in total. The Hall–Kier alpha value is -3.08. The topological polar surface area (TPSA) is 9.23 Å². The van der Waals surface area contributed by atoms with Gasteiger partial charge in [0.2, 0.25) is 5.82 Å². The molecule has 172 valence electrons. The Kier molecular flexibility index (Phi) is 6.87. The Balaban J connectivity index is 1.61. The van der Waals surface area contributed by atoms with E-state index in [4.69, 9.17) is 4.74 Å². The van der Waals surface area contributed by atoms with Crippen LogP contribution in [0.5, 0.6) is 5.75 Å². The van der Waals surface area contributed by atoms with Gasteiger partial charge in [-0.15, -0.1) is 0 Å². The molecule has 0 aliphatic heterocycles.